The average molecular weight is 358 g/mol. The quantitative estimate of drug-likeness (QED) is 0.873. The largest absolute Gasteiger partial charge is 0.338 e. The van der Waals surface area contributed by atoms with Gasteiger partial charge in [-0.1, -0.05) is 43.0 Å². The Labute approximate surface area is 153 Å². The molecule has 1 aromatic heterocycles. The summed E-state index contributed by atoms with van der Waals surface area (Å²) in [6.07, 6.45) is 7.87. The lowest BCUT2D eigenvalue weighted by atomic mass is 9.86. The van der Waals surface area contributed by atoms with E-state index in [9.17, 15) is 4.79 Å². The summed E-state index contributed by atoms with van der Waals surface area (Å²) in [6, 6.07) is 7.75. The molecule has 1 saturated carbocycles. The molecular weight excluding hydrogens is 334 g/mol. The van der Waals surface area contributed by atoms with Gasteiger partial charge in [0.15, 0.2) is 0 Å². The van der Waals surface area contributed by atoms with E-state index in [1.807, 2.05) is 29.2 Å². The summed E-state index contributed by atoms with van der Waals surface area (Å²) in [5.41, 5.74) is 4.22. The van der Waals surface area contributed by atoms with Gasteiger partial charge in [0, 0.05) is 47.8 Å². The number of nitrogens with one attached hydrogen (secondary N) is 1. The molecule has 132 valence electrons. The fourth-order valence-electron chi connectivity index (χ4n) is 4.15. The summed E-state index contributed by atoms with van der Waals surface area (Å²) in [5, 5.41) is 8.35. The highest BCUT2D eigenvalue weighted by Crippen LogP contribution is 2.31. The Balaban J connectivity index is 1.50. The second kappa shape index (κ2) is 7.20. The predicted molar refractivity (Wildman–Crippen MR) is 99.3 cm³/mol. The molecule has 1 aliphatic heterocycles. The maximum Gasteiger partial charge on any atom is 0.223 e. The molecule has 0 unspecified atom stereocenters. The van der Waals surface area contributed by atoms with Gasteiger partial charge in [-0.2, -0.15) is 5.10 Å². The number of carbonyl (C=O) groups is 1. The van der Waals surface area contributed by atoms with Crippen molar-refractivity contribution in [1.29, 1.82) is 0 Å². The smallest absolute Gasteiger partial charge is 0.223 e. The molecule has 1 fully saturated rings. The monoisotopic (exact) mass is 357 g/mol. The van der Waals surface area contributed by atoms with Gasteiger partial charge in [0.1, 0.15) is 0 Å². The Kier molecular flexibility index (Phi) is 4.80. The molecule has 4 nitrogen and oxygen atoms in total. The van der Waals surface area contributed by atoms with Gasteiger partial charge >= 0.3 is 0 Å². The molecular formula is C20H24ClN3O. The van der Waals surface area contributed by atoms with Crippen molar-refractivity contribution < 1.29 is 4.79 Å². The number of aromatic nitrogens is 2. The number of fused-ring (bicyclic) bond motifs is 1. The molecule has 0 saturated heterocycles. The number of hydrogen-bond acceptors (Lipinski definition) is 2. The first-order chi connectivity index (χ1) is 12.2. The Morgan fingerprint density at radius 3 is 2.92 bits per heavy atom. The Bertz CT molecular complexity index is 764. The Hall–Kier alpha value is -1.81. The van der Waals surface area contributed by atoms with Gasteiger partial charge in [-0.05, 0) is 30.9 Å². The van der Waals surface area contributed by atoms with Crippen LogP contribution in [0, 0.1) is 5.92 Å². The second-order valence-corrected chi connectivity index (χ2v) is 7.75. The zero-order valence-electron chi connectivity index (χ0n) is 14.4. The van der Waals surface area contributed by atoms with Crippen LogP contribution in [0.4, 0.5) is 0 Å². The molecule has 25 heavy (non-hydrogen) atoms. The third-order valence-electron chi connectivity index (χ3n) is 5.57. The third-order valence-corrected chi connectivity index (χ3v) is 5.81. The highest BCUT2D eigenvalue weighted by molar-refractivity contribution is 6.30. The fourth-order valence-corrected chi connectivity index (χ4v) is 4.34. The maximum atomic E-state index is 12.8. The molecule has 4 rings (SSSR count). The topological polar surface area (TPSA) is 49.0 Å². The van der Waals surface area contributed by atoms with Gasteiger partial charge < -0.3 is 4.90 Å². The van der Waals surface area contributed by atoms with Crippen LogP contribution in [0.25, 0.3) is 11.3 Å². The SMILES string of the molecule is O=C(CC1CCCCC1)N1CCc2[nH]nc(-c3cccc(Cl)c3)c2C1. The summed E-state index contributed by atoms with van der Waals surface area (Å²) < 4.78 is 0. The van der Waals surface area contributed by atoms with E-state index in [2.05, 4.69) is 10.2 Å². The standard InChI is InChI=1S/C20H24ClN3O/c21-16-8-4-7-15(12-16)20-17-13-24(10-9-18(17)22-23-20)19(25)11-14-5-2-1-3-6-14/h4,7-8,12,14H,1-3,5-6,9-11,13H2,(H,22,23). The van der Waals surface area contributed by atoms with E-state index in [4.69, 9.17) is 11.6 Å². The molecule has 1 amide bonds. The zero-order valence-corrected chi connectivity index (χ0v) is 15.2. The van der Waals surface area contributed by atoms with Crippen molar-refractivity contribution >= 4 is 17.5 Å². The summed E-state index contributed by atoms with van der Waals surface area (Å²) in [6.45, 7) is 1.44. The van der Waals surface area contributed by atoms with Crippen LogP contribution in [-0.2, 0) is 17.8 Å². The molecule has 1 aromatic carbocycles. The fraction of sp³-hybridized carbons (Fsp3) is 0.500. The van der Waals surface area contributed by atoms with Crippen LogP contribution in [0.3, 0.4) is 0 Å². The first-order valence-electron chi connectivity index (χ1n) is 9.30. The lowest BCUT2D eigenvalue weighted by Crippen LogP contribution is -2.37. The van der Waals surface area contributed by atoms with E-state index in [1.165, 1.54) is 32.1 Å². The number of amides is 1. The summed E-state index contributed by atoms with van der Waals surface area (Å²) >= 11 is 6.13. The molecule has 2 aliphatic rings. The normalized spacial score (nSPS) is 18.2. The minimum atomic E-state index is 0.302. The molecule has 5 heteroatoms. The molecule has 0 bridgehead atoms. The maximum absolute atomic E-state index is 12.8. The third kappa shape index (κ3) is 3.59. The minimum absolute atomic E-state index is 0.302. The van der Waals surface area contributed by atoms with Gasteiger partial charge in [-0.25, -0.2) is 0 Å². The highest BCUT2D eigenvalue weighted by Gasteiger charge is 2.27. The molecule has 1 aliphatic carbocycles. The number of H-pyrrole nitrogens is 1. The Morgan fingerprint density at radius 2 is 2.12 bits per heavy atom. The van der Waals surface area contributed by atoms with Crippen molar-refractivity contribution in [3.05, 3.63) is 40.5 Å². The number of rotatable bonds is 3. The predicted octanol–water partition coefficient (Wildman–Crippen LogP) is 4.59. The van der Waals surface area contributed by atoms with Crippen LogP contribution < -0.4 is 0 Å². The van der Waals surface area contributed by atoms with Crippen molar-refractivity contribution in [2.75, 3.05) is 6.54 Å². The van der Waals surface area contributed by atoms with Crippen LogP contribution in [0.15, 0.2) is 24.3 Å². The van der Waals surface area contributed by atoms with Crippen LogP contribution in [-0.4, -0.2) is 27.5 Å². The number of aromatic amines is 1. The van der Waals surface area contributed by atoms with Gasteiger partial charge in [-0.3, -0.25) is 9.89 Å². The van der Waals surface area contributed by atoms with Gasteiger partial charge in [0.05, 0.1) is 5.69 Å². The molecule has 1 N–H and O–H groups in total. The molecule has 0 radical (unpaired) electrons. The van der Waals surface area contributed by atoms with Gasteiger partial charge in [0.2, 0.25) is 5.91 Å². The van der Waals surface area contributed by atoms with E-state index < -0.39 is 0 Å². The van der Waals surface area contributed by atoms with E-state index in [-0.39, 0.29) is 0 Å². The van der Waals surface area contributed by atoms with E-state index >= 15 is 0 Å². The average Bonchev–Trinajstić information content (AvgIpc) is 3.05. The first-order valence-corrected chi connectivity index (χ1v) is 9.68. The molecule has 0 spiro atoms. The molecule has 0 atom stereocenters. The van der Waals surface area contributed by atoms with Gasteiger partial charge in [0.25, 0.3) is 0 Å². The van der Waals surface area contributed by atoms with Crippen molar-refractivity contribution in [3.8, 4) is 11.3 Å². The van der Waals surface area contributed by atoms with Crippen molar-refractivity contribution in [1.82, 2.24) is 15.1 Å². The molecule has 2 aromatic rings. The minimum Gasteiger partial charge on any atom is -0.338 e. The van der Waals surface area contributed by atoms with E-state index in [1.54, 1.807) is 0 Å². The Morgan fingerprint density at radius 1 is 1.28 bits per heavy atom. The summed E-state index contributed by atoms with van der Waals surface area (Å²) in [7, 11) is 0. The first kappa shape index (κ1) is 16.6. The number of nitrogens with zero attached hydrogens (tertiary/aromatic N) is 2. The highest BCUT2D eigenvalue weighted by atomic mass is 35.5. The number of halogens is 1. The lowest BCUT2D eigenvalue weighted by Gasteiger charge is -2.30. The van der Waals surface area contributed by atoms with Crippen LogP contribution in [0.5, 0.6) is 0 Å². The van der Waals surface area contributed by atoms with Crippen molar-refractivity contribution in [3.63, 3.8) is 0 Å². The zero-order chi connectivity index (χ0) is 17.2. The number of hydrogen-bond donors (Lipinski definition) is 1. The van der Waals surface area contributed by atoms with Crippen LogP contribution in [0.1, 0.15) is 49.8 Å². The number of benzene rings is 1. The molecule has 2 heterocycles. The van der Waals surface area contributed by atoms with Crippen molar-refractivity contribution in [2.24, 2.45) is 5.92 Å². The summed E-state index contributed by atoms with van der Waals surface area (Å²) in [5.74, 6) is 0.884. The summed E-state index contributed by atoms with van der Waals surface area (Å²) in [4.78, 5) is 14.8. The van der Waals surface area contributed by atoms with Crippen LogP contribution >= 0.6 is 11.6 Å². The second-order valence-electron chi connectivity index (χ2n) is 7.31. The number of carbonyl (C=O) groups excluding carboxylic acids is 1. The van der Waals surface area contributed by atoms with Crippen LogP contribution in [0.2, 0.25) is 5.02 Å². The lowest BCUT2D eigenvalue weighted by molar-refractivity contribution is -0.133. The van der Waals surface area contributed by atoms with Crippen molar-refractivity contribution in [2.45, 2.75) is 51.5 Å². The van der Waals surface area contributed by atoms with Gasteiger partial charge in [-0.15, -0.1) is 0 Å². The van der Waals surface area contributed by atoms with E-state index in [0.29, 0.717) is 29.8 Å². The van der Waals surface area contributed by atoms with E-state index in [0.717, 1.165) is 35.5 Å².